The van der Waals surface area contributed by atoms with Crippen LogP contribution in [0, 0.1) is 0 Å². The molecule has 3 aromatic rings. The molecule has 1 aliphatic rings. The molecule has 1 aromatic carbocycles. The zero-order valence-electron chi connectivity index (χ0n) is 13.0. The lowest BCUT2D eigenvalue weighted by atomic mass is 9.91. The number of carboxylic acids is 1. The van der Waals surface area contributed by atoms with E-state index >= 15 is 0 Å². The van der Waals surface area contributed by atoms with Gasteiger partial charge in [-0.2, -0.15) is 0 Å². The molecule has 0 amide bonds. The van der Waals surface area contributed by atoms with Crippen LogP contribution in [0.1, 0.15) is 34.5 Å². The predicted molar refractivity (Wildman–Crippen MR) is 91.8 cm³/mol. The van der Waals surface area contributed by atoms with Crippen LogP contribution in [-0.2, 0) is 6.54 Å². The van der Waals surface area contributed by atoms with Gasteiger partial charge in [-0.25, -0.2) is 14.8 Å². The molecule has 6 nitrogen and oxygen atoms in total. The second-order valence-corrected chi connectivity index (χ2v) is 6.44. The Labute approximate surface area is 143 Å². The van der Waals surface area contributed by atoms with E-state index in [4.69, 9.17) is 11.6 Å². The van der Waals surface area contributed by atoms with Crippen molar-refractivity contribution in [2.75, 3.05) is 11.4 Å². The Hall–Kier alpha value is -2.60. The third-order valence-corrected chi connectivity index (χ3v) is 4.82. The minimum absolute atomic E-state index is 0.107. The molecule has 3 heterocycles. The lowest BCUT2D eigenvalue weighted by Crippen LogP contribution is -2.33. The molecular formula is C17H15ClN4O2. The molecule has 0 fully saturated rings. The average molecular weight is 343 g/mol. The van der Waals surface area contributed by atoms with E-state index in [9.17, 15) is 9.90 Å². The first kappa shape index (κ1) is 15.0. The Balaban J connectivity index is 1.81. The van der Waals surface area contributed by atoms with E-state index in [-0.39, 0.29) is 5.69 Å². The number of fused-ring (bicyclic) bond motifs is 2. The summed E-state index contributed by atoms with van der Waals surface area (Å²) in [4.78, 5) is 24.7. The minimum atomic E-state index is -1.01. The molecule has 0 bridgehead atoms. The summed E-state index contributed by atoms with van der Waals surface area (Å²) in [6, 6.07) is 7.56. The maximum Gasteiger partial charge on any atom is 0.352 e. The highest BCUT2D eigenvalue weighted by atomic mass is 35.5. The average Bonchev–Trinajstić information content (AvgIpc) is 3.00. The number of nitrogens with zero attached hydrogens (tertiary/aromatic N) is 3. The van der Waals surface area contributed by atoms with Crippen LogP contribution in [0.3, 0.4) is 0 Å². The summed E-state index contributed by atoms with van der Waals surface area (Å²) in [5.41, 5.74) is 2.98. The molecule has 1 unspecified atom stereocenters. The molecule has 0 radical (unpaired) electrons. The number of hydrogen-bond donors (Lipinski definition) is 2. The number of carbonyl (C=O) groups is 1. The normalized spacial score (nSPS) is 17.1. The summed E-state index contributed by atoms with van der Waals surface area (Å²) in [6.45, 7) is 3.57. The SMILES string of the molecule is CC1CN(c2ncnc3[nH]c(C(=O)O)cc23)Cc2c(Cl)cccc21. The van der Waals surface area contributed by atoms with Crippen molar-refractivity contribution in [2.24, 2.45) is 0 Å². The van der Waals surface area contributed by atoms with Crippen molar-refractivity contribution < 1.29 is 9.90 Å². The Morgan fingerprint density at radius 3 is 3.04 bits per heavy atom. The topological polar surface area (TPSA) is 82.1 Å². The smallest absolute Gasteiger partial charge is 0.352 e. The highest BCUT2D eigenvalue weighted by Crippen LogP contribution is 2.36. The number of aromatic amines is 1. The van der Waals surface area contributed by atoms with E-state index < -0.39 is 5.97 Å². The summed E-state index contributed by atoms with van der Waals surface area (Å²) in [6.07, 6.45) is 1.45. The van der Waals surface area contributed by atoms with Crippen LogP contribution in [0.4, 0.5) is 5.82 Å². The number of nitrogens with one attached hydrogen (secondary N) is 1. The second kappa shape index (κ2) is 5.49. The van der Waals surface area contributed by atoms with Crippen LogP contribution < -0.4 is 4.90 Å². The first-order valence-electron chi connectivity index (χ1n) is 7.64. The molecule has 0 saturated carbocycles. The monoisotopic (exact) mass is 342 g/mol. The van der Waals surface area contributed by atoms with Gasteiger partial charge in [-0.15, -0.1) is 0 Å². The first-order chi connectivity index (χ1) is 11.5. The van der Waals surface area contributed by atoms with Crippen LogP contribution >= 0.6 is 11.6 Å². The van der Waals surface area contributed by atoms with Crippen molar-refractivity contribution >= 4 is 34.4 Å². The summed E-state index contributed by atoms with van der Waals surface area (Å²) < 4.78 is 0. The molecule has 7 heteroatoms. The third-order valence-electron chi connectivity index (χ3n) is 4.46. The van der Waals surface area contributed by atoms with Crippen molar-refractivity contribution in [3.63, 3.8) is 0 Å². The lowest BCUT2D eigenvalue weighted by molar-refractivity contribution is 0.0691. The first-order valence-corrected chi connectivity index (χ1v) is 8.01. The molecule has 1 aliphatic heterocycles. The van der Waals surface area contributed by atoms with Gasteiger partial charge in [-0.1, -0.05) is 30.7 Å². The molecule has 0 spiro atoms. The van der Waals surface area contributed by atoms with E-state index in [0.717, 1.165) is 22.9 Å². The Morgan fingerprint density at radius 2 is 2.25 bits per heavy atom. The minimum Gasteiger partial charge on any atom is -0.477 e. The van der Waals surface area contributed by atoms with Crippen molar-refractivity contribution in [3.8, 4) is 0 Å². The fourth-order valence-corrected chi connectivity index (χ4v) is 3.59. The highest BCUT2D eigenvalue weighted by molar-refractivity contribution is 6.31. The van der Waals surface area contributed by atoms with Crippen LogP contribution in [0.2, 0.25) is 5.02 Å². The summed E-state index contributed by atoms with van der Waals surface area (Å²) in [5.74, 6) is 0.0101. The number of anilines is 1. The van der Waals surface area contributed by atoms with Crippen LogP contribution in [0.25, 0.3) is 11.0 Å². The second-order valence-electron chi connectivity index (χ2n) is 6.04. The van der Waals surface area contributed by atoms with Crippen molar-refractivity contribution in [1.29, 1.82) is 0 Å². The maximum atomic E-state index is 11.2. The Morgan fingerprint density at radius 1 is 1.42 bits per heavy atom. The number of halogens is 1. The largest absolute Gasteiger partial charge is 0.477 e. The highest BCUT2D eigenvalue weighted by Gasteiger charge is 2.26. The predicted octanol–water partition coefficient (Wildman–Crippen LogP) is 3.43. The number of aromatic nitrogens is 3. The molecule has 0 aliphatic carbocycles. The molecule has 2 N–H and O–H groups in total. The van der Waals surface area contributed by atoms with E-state index in [0.29, 0.717) is 23.5 Å². The van der Waals surface area contributed by atoms with Gasteiger partial charge in [0.05, 0.1) is 5.39 Å². The summed E-state index contributed by atoms with van der Waals surface area (Å²) in [5, 5.41) is 10.6. The zero-order chi connectivity index (χ0) is 16.8. The molecule has 122 valence electrons. The number of aromatic carboxylic acids is 1. The Bertz CT molecular complexity index is 953. The quantitative estimate of drug-likeness (QED) is 0.745. The van der Waals surface area contributed by atoms with E-state index in [1.54, 1.807) is 6.07 Å². The van der Waals surface area contributed by atoms with E-state index in [1.165, 1.54) is 11.9 Å². The van der Waals surface area contributed by atoms with E-state index in [2.05, 4.69) is 32.8 Å². The molecule has 4 rings (SSSR count). The van der Waals surface area contributed by atoms with Crippen molar-refractivity contribution in [2.45, 2.75) is 19.4 Å². The molecule has 2 aromatic heterocycles. The molecule has 1 atom stereocenters. The number of hydrogen-bond acceptors (Lipinski definition) is 4. The van der Waals surface area contributed by atoms with Crippen LogP contribution in [0.15, 0.2) is 30.6 Å². The molecular weight excluding hydrogens is 328 g/mol. The number of carboxylic acid groups (broad SMARTS) is 1. The van der Waals surface area contributed by atoms with Crippen LogP contribution in [-0.4, -0.2) is 32.6 Å². The molecule has 24 heavy (non-hydrogen) atoms. The standard InChI is InChI=1S/C17H15ClN4O2/c1-9-6-22(7-12-10(9)3-2-4-13(12)18)16-11-5-14(17(23)24)21-15(11)19-8-20-16/h2-5,8-9H,6-7H2,1H3,(H,23,24)(H,19,20,21). The summed E-state index contributed by atoms with van der Waals surface area (Å²) >= 11 is 6.38. The van der Waals surface area contributed by atoms with Gasteiger partial charge in [-0.3, -0.25) is 0 Å². The summed E-state index contributed by atoms with van der Waals surface area (Å²) in [7, 11) is 0. The number of H-pyrrole nitrogens is 1. The van der Waals surface area contributed by atoms with Gasteiger partial charge < -0.3 is 15.0 Å². The zero-order valence-corrected chi connectivity index (χ0v) is 13.7. The number of rotatable bonds is 2. The third kappa shape index (κ3) is 2.30. The van der Waals surface area contributed by atoms with Gasteiger partial charge >= 0.3 is 5.97 Å². The molecule has 0 saturated heterocycles. The fraction of sp³-hybridized carbons (Fsp3) is 0.235. The van der Waals surface area contributed by atoms with Gasteiger partial charge in [0.2, 0.25) is 0 Å². The van der Waals surface area contributed by atoms with Crippen molar-refractivity contribution in [1.82, 2.24) is 15.0 Å². The van der Waals surface area contributed by atoms with Gasteiger partial charge in [-0.05, 0) is 29.2 Å². The maximum absolute atomic E-state index is 11.2. The lowest BCUT2D eigenvalue weighted by Gasteiger charge is -2.34. The van der Waals surface area contributed by atoms with E-state index in [1.807, 2.05) is 12.1 Å². The Kier molecular flexibility index (Phi) is 3.42. The van der Waals surface area contributed by atoms with Gasteiger partial charge in [0.25, 0.3) is 0 Å². The van der Waals surface area contributed by atoms with Gasteiger partial charge in [0.15, 0.2) is 0 Å². The fourth-order valence-electron chi connectivity index (χ4n) is 3.34. The van der Waals surface area contributed by atoms with Gasteiger partial charge in [0.1, 0.15) is 23.5 Å². The van der Waals surface area contributed by atoms with Gasteiger partial charge in [0, 0.05) is 18.1 Å². The van der Waals surface area contributed by atoms with Crippen LogP contribution in [0.5, 0.6) is 0 Å². The number of benzene rings is 1. The van der Waals surface area contributed by atoms with Crippen molar-refractivity contribution in [3.05, 3.63) is 52.4 Å².